The Hall–Kier alpha value is -3.70. The number of ether oxygens (including phenoxy) is 1. The molecular formula is C25H19Cl2N3O6S. The van der Waals surface area contributed by atoms with Crippen LogP contribution in [-0.4, -0.2) is 31.1 Å². The van der Waals surface area contributed by atoms with Crippen LogP contribution in [0.15, 0.2) is 75.8 Å². The van der Waals surface area contributed by atoms with Crippen molar-refractivity contribution in [1.82, 2.24) is 0 Å². The molecule has 12 heteroatoms. The molecule has 9 nitrogen and oxygen atoms in total. The maximum absolute atomic E-state index is 13.2. The van der Waals surface area contributed by atoms with Crippen LogP contribution in [-0.2, 0) is 10.1 Å². The number of nitrogens with zero attached hydrogens (tertiary/aromatic N) is 2. The zero-order valence-corrected chi connectivity index (χ0v) is 21.7. The van der Waals surface area contributed by atoms with Gasteiger partial charge in [-0.15, -0.1) is 10.2 Å². The normalized spacial score (nSPS) is 11.7. The zero-order valence-electron chi connectivity index (χ0n) is 19.4. The number of aryl methyl sites for hydroxylation is 1. The van der Waals surface area contributed by atoms with Gasteiger partial charge in [0.15, 0.2) is 5.75 Å². The molecule has 1 amide bonds. The van der Waals surface area contributed by atoms with E-state index in [1.54, 1.807) is 49.4 Å². The summed E-state index contributed by atoms with van der Waals surface area (Å²) in [5.41, 5.74) is 0.103. The number of rotatable bonds is 6. The predicted molar refractivity (Wildman–Crippen MR) is 142 cm³/mol. The van der Waals surface area contributed by atoms with E-state index in [1.165, 1.54) is 19.2 Å². The van der Waals surface area contributed by atoms with Gasteiger partial charge in [-0.05, 0) is 48.2 Å². The number of azo groups is 1. The van der Waals surface area contributed by atoms with E-state index < -0.39 is 26.7 Å². The van der Waals surface area contributed by atoms with Gasteiger partial charge in [-0.1, -0.05) is 53.5 Å². The van der Waals surface area contributed by atoms with Crippen molar-refractivity contribution in [2.45, 2.75) is 11.8 Å². The van der Waals surface area contributed by atoms with Crippen molar-refractivity contribution in [2.75, 3.05) is 12.4 Å². The molecule has 4 aromatic carbocycles. The Morgan fingerprint density at radius 3 is 2.43 bits per heavy atom. The Balaban J connectivity index is 1.86. The summed E-state index contributed by atoms with van der Waals surface area (Å²) in [6, 6.07) is 15.5. The number of para-hydroxylation sites is 1. The van der Waals surface area contributed by atoms with Crippen LogP contribution in [0.4, 0.5) is 17.1 Å². The zero-order chi connectivity index (χ0) is 26.9. The molecule has 0 aliphatic heterocycles. The van der Waals surface area contributed by atoms with Crippen LogP contribution in [0.1, 0.15) is 15.9 Å². The average molecular weight is 560 g/mol. The second kappa shape index (κ2) is 10.3. The molecule has 0 fully saturated rings. The monoisotopic (exact) mass is 559 g/mol. The fourth-order valence-corrected chi connectivity index (χ4v) is 4.66. The lowest BCUT2D eigenvalue weighted by atomic mass is 10.0. The van der Waals surface area contributed by atoms with Gasteiger partial charge in [-0.3, -0.25) is 9.35 Å². The average Bonchev–Trinajstić information content (AvgIpc) is 2.85. The van der Waals surface area contributed by atoms with Gasteiger partial charge in [0.25, 0.3) is 16.0 Å². The smallest absolute Gasteiger partial charge is 0.296 e. The Morgan fingerprint density at radius 2 is 1.73 bits per heavy atom. The van der Waals surface area contributed by atoms with E-state index >= 15 is 0 Å². The third-order valence-electron chi connectivity index (χ3n) is 5.45. The van der Waals surface area contributed by atoms with Gasteiger partial charge in [0.2, 0.25) is 0 Å². The number of hydrogen-bond acceptors (Lipinski definition) is 7. The maximum atomic E-state index is 13.2. The molecule has 0 aromatic heterocycles. The van der Waals surface area contributed by atoms with Crippen LogP contribution in [0, 0.1) is 6.92 Å². The molecule has 0 unspecified atom stereocenters. The molecule has 190 valence electrons. The van der Waals surface area contributed by atoms with Crippen LogP contribution in [0.5, 0.6) is 11.5 Å². The van der Waals surface area contributed by atoms with Crippen molar-refractivity contribution >= 4 is 67.1 Å². The van der Waals surface area contributed by atoms with Gasteiger partial charge in [-0.2, -0.15) is 8.42 Å². The van der Waals surface area contributed by atoms with Crippen LogP contribution in [0.2, 0.25) is 10.0 Å². The number of benzene rings is 4. The van der Waals surface area contributed by atoms with Gasteiger partial charge in [0.1, 0.15) is 27.7 Å². The lowest BCUT2D eigenvalue weighted by Gasteiger charge is -2.14. The van der Waals surface area contributed by atoms with Crippen molar-refractivity contribution in [3.8, 4) is 11.5 Å². The SMILES string of the molecule is COc1cccc(Cl)c1NC(=O)c1cc2ccccc2c(N=Nc2cc(Cl)c(C)cc2S(=O)(=O)O)c1O. The van der Waals surface area contributed by atoms with E-state index in [-0.39, 0.29) is 32.7 Å². The topological polar surface area (TPSA) is 138 Å². The molecule has 4 aromatic rings. The van der Waals surface area contributed by atoms with Gasteiger partial charge in [0.05, 0.1) is 17.7 Å². The number of amides is 1. The third kappa shape index (κ3) is 5.37. The summed E-state index contributed by atoms with van der Waals surface area (Å²) in [6.07, 6.45) is 0. The minimum atomic E-state index is -4.66. The number of nitrogens with one attached hydrogen (secondary N) is 1. The van der Waals surface area contributed by atoms with E-state index in [4.69, 9.17) is 27.9 Å². The number of halogens is 2. The highest BCUT2D eigenvalue weighted by atomic mass is 35.5. The molecule has 0 spiro atoms. The number of hydrogen-bond donors (Lipinski definition) is 3. The predicted octanol–water partition coefficient (Wildman–Crippen LogP) is 7.08. The standard InChI is InChI=1S/C25H19Cl2N3O6S/c1-13-10-21(37(33,34)35)19(12-18(13)27)29-30-22-15-7-4-3-6-14(15)11-16(24(22)31)25(32)28-23-17(26)8-5-9-20(23)36-2/h3-12,31H,1-2H3,(H,28,32)(H,33,34,35). The molecule has 3 N–H and O–H groups in total. The second-order valence-corrected chi connectivity index (χ2v) is 10.1. The fourth-order valence-electron chi connectivity index (χ4n) is 3.60. The van der Waals surface area contributed by atoms with Crippen molar-refractivity contribution in [1.29, 1.82) is 0 Å². The number of fused-ring (bicyclic) bond motifs is 1. The molecule has 0 saturated heterocycles. The molecule has 0 atom stereocenters. The van der Waals surface area contributed by atoms with Crippen molar-refractivity contribution in [3.05, 3.63) is 81.8 Å². The Bertz CT molecular complexity index is 1690. The van der Waals surface area contributed by atoms with Crippen LogP contribution < -0.4 is 10.1 Å². The van der Waals surface area contributed by atoms with E-state index in [1.807, 2.05) is 0 Å². The summed E-state index contributed by atoms with van der Waals surface area (Å²) in [6.45, 7) is 1.56. The number of phenolic OH excluding ortho intramolecular Hbond substituents is 1. The number of methoxy groups -OCH3 is 1. The lowest BCUT2D eigenvalue weighted by Crippen LogP contribution is -2.13. The highest BCUT2D eigenvalue weighted by Gasteiger charge is 2.22. The molecule has 0 saturated carbocycles. The van der Waals surface area contributed by atoms with E-state index in [0.717, 1.165) is 6.07 Å². The summed E-state index contributed by atoms with van der Waals surface area (Å²) in [5.74, 6) is -0.907. The number of carbonyl (C=O) groups excluding carboxylic acids is 1. The first-order valence-corrected chi connectivity index (χ1v) is 12.8. The fraction of sp³-hybridized carbons (Fsp3) is 0.0800. The summed E-state index contributed by atoms with van der Waals surface area (Å²) in [5, 5.41) is 23.1. The highest BCUT2D eigenvalue weighted by Crippen LogP contribution is 2.41. The van der Waals surface area contributed by atoms with Crippen LogP contribution in [0.3, 0.4) is 0 Å². The molecule has 0 heterocycles. The second-order valence-electron chi connectivity index (χ2n) is 7.86. The van der Waals surface area contributed by atoms with Gasteiger partial charge >= 0.3 is 0 Å². The van der Waals surface area contributed by atoms with E-state index in [0.29, 0.717) is 22.1 Å². The molecule has 37 heavy (non-hydrogen) atoms. The summed E-state index contributed by atoms with van der Waals surface area (Å²) in [7, 11) is -3.24. The summed E-state index contributed by atoms with van der Waals surface area (Å²) in [4.78, 5) is 12.7. The molecule has 0 aliphatic rings. The number of anilines is 1. The first kappa shape index (κ1) is 26.4. The minimum Gasteiger partial charge on any atom is -0.505 e. The van der Waals surface area contributed by atoms with Crippen molar-refractivity contribution in [2.24, 2.45) is 10.2 Å². The number of carbonyl (C=O) groups is 1. The highest BCUT2D eigenvalue weighted by molar-refractivity contribution is 7.86. The van der Waals surface area contributed by atoms with Crippen LogP contribution in [0.25, 0.3) is 10.8 Å². The third-order valence-corrected chi connectivity index (χ3v) is 7.05. The van der Waals surface area contributed by atoms with Gasteiger partial charge in [-0.25, -0.2) is 0 Å². The van der Waals surface area contributed by atoms with E-state index in [9.17, 15) is 22.9 Å². The molecule has 0 radical (unpaired) electrons. The molecular weight excluding hydrogens is 541 g/mol. The van der Waals surface area contributed by atoms with Crippen molar-refractivity contribution < 1.29 is 27.6 Å². The number of phenols is 1. The number of aromatic hydroxyl groups is 1. The Labute approximate surface area is 222 Å². The summed E-state index contributed by atoms with van der Waals surface area (Å²) < 4.78 is 38.7. The van der Waals surface area contributed by atoms with Crippen LogP contribution >= 0.6 is 23.2 Å². The largest absolute Gasteiger partial charge is 0.505 e. The minimum absolute atomic E-state index is 0.104. The van der Waals surface area contributed by atoms with Gasteiger partial charge in [0, 0.05) is 10.4 Å². The quantitative estimate of drug-likeness (QED) is 0.170. The molecule has 4 rings (SSSR count). The lowest BCUT2D eigenvalue weighted by molar-refractivity contribution is 0.102. The Kier molecular flexibility index (Phi) is 7.37. The maximum Gasteiger partial charge on any atom is 0.296 e. The first-order valence-electron chi connectivity index (χ1n) is 10.6. The Morgan fingerprint density at radius 1 is 1.00 bits per heavy atom. The summed E-state index contributed by atoms with van der Waals surface area (Å²) >= 11 is 12.4. The molecule has 0 bridgehead atoms. The van der Waals surface area contributed by atoms with Crippen molar-refractivity contribution in [3.63, 3.8) is 0 Å². The van der Waals surface area contributed by atoms with E-state index in [2.05, 4.69) is 15.5 Å². The van der Waals surface area contributed by atoms with Gasteiger partial charge < -0.3 is 15.2 Å². The molecule has 0 aliphatic carbocycles. The first-order chi connectivity index (χ1) is 17.5.